The maximum absolute atomic E-state index is 11.8. The topological polar surface area (TPSA) is 83.8 Å². The fourth-order valence-corrected chi connectivity index (χ4v) is 2.24. The van der Waals surface area contributed by atoms with Crippen LogP contribution in [0.5, 0.6) is 0 Å². The van der Waals surface area contributed by atoms with Crippen molar-refractivity contribution in [1.82, 2.24) is 0 Å². The van der Waals surface area contributed by atoms with Gasteiger partial charge in [0.2, 0.25) is 0 Å². The Kier molecular flexibility index (Phi) is 4.55. The van der Waals surface area contributed by atoms with Crippen LogP contribution in [0, 0.1) is 5.41 Å². The summed E-state index contributed by atoms with van der Waals surface area (Å²) in [6, 6.07) is 5.23. The first-order chi connectivity index (χ1) is 8.12. The number of hydrogen-bond donors (Lipinski definition) is 2. The van der Waals surface area contributed by atoms with Crippen LogP contribution in [0.4, 0.5) is 0 Å². The predicted molar refractivity (Wildman–Crippen MR) is 68.9 cm³/mol. The third-order valence-corrected chi connectivity index (χ3v) is 3.39. The minimum atomic E-state index is -3.80. The summed E-state index contributed by atoms with van der Waals surface area (Å²) in [5.41, 5.74) is -0.0290. The van der Waals surface area contributed by atoms with Gasteiger partial charge >= 0.3 is 7.12 Å². The minimum absolute atomic E-state index is 0.00356. The van der Waals surface area contributed by atoms with E-state index in [1.165, 1.54) is 24.3 Å². The van der Waals surface area contributed by atoms with Gasteiger partial charge in [-0.3, -0.25) is 4.18 Å². The monoisotopic (exact) mass is 272 g/mol. The van der Waals surface area contributed by atoms with Crippen LogP contribution in [-0.4, -0.2) is 32.2 Å². The normalized spacial score (nSPS) is 12.5. The van der Waals surface area contributed by atoms with Gasteiger partial charge in [-0.05, 0) is 23.0 Å². The molecule has 0 amide bonds. The molecule has 1 rings (SSSR count). The Bertz CT molecular complexity index is 487. The van der Waals surface area contributed by atoms with Crippen molar-refractivity contribution in [3.05, 3.63) is 24.3 Å². The van der Waals surface area contributed by atoms with E-state index in [-0.39, 0.29) is 22.4 Å². The van der Waals surface area contributed by atoms with Gasteiger partial charge in [-0.25, -0.2) is 0 Å². The molecule has 0 aliphatic rings. The molecule has 0 aliphatic heterocycles. The van der Waals surface area contributed by atoms with Crippen LogP contribution in [0.1, 0.15) is 20.8 Å². The first kappa shape index (κ1) is 15.2. The molecule has 1 aromatic rings. The number of hydrogen-bond acceptors (Lipinski definition) is 5. The standard InChI is InChI=1S/C11H17BO5S/c1-11(2,3)8-17-18(15,16)10-6-4-9(5-7-10)12(13)14/h4-7,13-14H,8H2,1-3H3. The Morgan fingerprint density at radius 2 is 1.67 bits per heavy atom. The van der Waals surface area contributed by atoms with Gasteiger partial charge in [0.15, 0.2) is 0 Å². The first-order valence-corrected chi connectivity index (χ1v) is 6.88. The van der Waals surface area contributed by atoms with Crippen molar-refractivity contribution in [2.24, 2.45) is 5.41 Å². The van der Waals surface area contributed by atoms with Crippen molar-refractivity contribution < 1.29 is 22.6 Å². The highest BCUT2D eigenvalue weighted by molar-refractivity contribution is 7.86. The Hall–Kier alpha value is -0.885. The van der Waals surface area contributed by atoms with Crippen molar-refractivity contribution in [3.8, 4) is 0 Å². The summed E-state index contributed by atoms with van der Waals surface area (Å²) in [5, 5.41) is 17.8. The molecule has 100 valence electrons. The minimum Gasteiger partial charge on any atom is -0.423 e. The molecule has 0 atom stereocenters. The number of benzene rings is 1. The molecule has 0 bridgehead atoms. The average molecular weight is 272 g/mol. The molecule has 18 heavy (non-hydrogen) atoms. The Labute approximate surface area is 108 Å². The second-order valence-electron chi connectivity index (χ2n) is 5.22. The van der Waals surface area contributed by atoms with Crippen LogP contribution >= 0.6 is 0 Å². The SMILES string of the molecule is CC(C)(C)COS(=O)(=O)c1ccc(B(O)O)cc1. The van der Waals surface area contributed by atoms with Crippen LogP contribution in [0.15, 0.2) is 29.2 Å². The second-order valence-corrected chi connectivity index (χ2v) is 6.84. The van der Waals surface area contributed by atoms with Crippen LogP contribution < -0.4 is 5.46 Å². The van der Waals surface area contributed by atoms with E-state index in [4.69, 9.17) is 14.2 Å². The molecule has 1 aromatic carbocycles. The molecule has 0 saturated carbocycles. The summed E-state index contributed by atoms with van der Waals surface area (Å²) in [7, 11) is -5.41. The van der Waals surface area contributed by atoms with E-state index < -0.39 is 17.2 Å². The van der Waals surface area contributed by atoms with E-state index in [0.29, 0.717) is 0 Å². The molecule has 0 radical (unpaired) electrons. The highest BCUT2D eigenvalue weighted by Crippen LogP contribution is 2.18. The van der Waals surface area contributed by atoms with Crippen LogP contribution in [0.2, 0.25) is 0 Å². The third kappa shape index (κ3) is 4.42. The Morgan fingerprint density at radius 1 is 1.17 bits per heavy atom. The fraction of sp³-hybridized carbons (Fsp3) is 0.455. The molecule has 2 N–H and O–H groups in total. The average Bonchev–Trinajstić information content (AvgIpc) is 2.26. The lowest BCUT2D eigenvalue weighted by molar-refractivity contribution is 0.203. The molecule has 7 heteroatoms. The highest BCUT2D eigenvalue weighted by Gasteiger charge is 2.20. The fourth-order valence-electron chi connectivity index (χ4n) is 1.13. The molecular formula is C11H17BO5S. The maximum Gasteiger partial charge on any atom is 0.488 e. The molecule has 5 nitrogen and oxygen atoms in total. The molecule has 0 fully saturated rings. The molecule has 0 aliphatic carbocycles. The molecule has 0 unspecified atom stereocenters. The predicted octanol–water partition coefficient (Wildman–Crippen LogP) is 0.118. The van der Waals surface area contributed by atoms with Crippen molar-refractivity contribution >= 4 is 22.7 Å². The zero-order valence-electron chi connectivity index (χ0n) is 10.6. The van der Waals surface area contributed by atoms with Gasteiger partial charge in [-0.2, -0.15) is 8.42 Å². The zero-order chi connectivity index (χ0) is 14.0. The van der Waals surface area contributed by atoms with Gasteiger partial charge in [0.25, 0.3) is 10.1 Å². The van der Waals surface area contributed by atoms with E-state index >= 15 is 0 Å². The van der Waals surface area contributed by atoms with E-state index in [1.807, 2.05) is 20.8 Å². The Morgan fingerprint density at radius 3 is 2.06 bits per heavy atom. The summed E-state index contributed by atoms with van der Waals surface area (Å²) in [6.07, 6.45) is 0. The van der Waals surface area contributed by atoms with Gasteiger partial charge in [0, 0.05) is 0 Å². The molecule has 0 spiro atoms. The highest BCUT2D eigenvalue weighted by atomic mass is 32.2. The molecule has 0 aromatic heterocycles. The zero-order valence-corrected chi connectivity index (χ0v) is 11.4. The van der Waals surface area contributed by atoms with Crippen LogP contribution in [0.3, 0.4) is 0 Å². The third-order valence-electron chi connectivity index (χ3n) is 2.11. The summed E-state index contributed by atoms with van der Waals surface area (Å²) in [6.45, 7) is 5.69. The van der Waals surface area contributed by atoms with Gasteiger partial charge in [0.05, 0.1) is 11.5 Å². The van der Waals surface area contributed by atoms with Gasteiger partial charge in [0.1, 0.15) is 0 Å². The summed E-state index contributed by atoms with van der Waals surface area (Å²) in [4.78, 5) is -0.00356. The van der Waals surface area contributed by atoms with Crippen molar-refractivity contribution in [1.29, 1.82) is 0 Å². The largest absolute Gasteiger partial charge is 0.488 e. The lowest BCUT2D eigenvalue weighted by atomic mass is 9.81. The van der Waals surface area contributed by atoms with Crippen molar-refractivity contribution in [3.63, 3.8) is 0 Å². The lowest BCUT2D eigenvalue weighted by Gasteiger charge is -2.17. The van der Waals surface area contributed by atoms with Crippen molar-refractivity contribution in [2.75, 3.05) is 6.61 Å². The van der Waals surface area contributed by atoms with E-state index in [0.717, 1.165) is 0 Å². The molecular weight excluding hydrogens is 255 g/mol. The van der Waals surface area contributed by atoms with Crippen molar-refractivity contribution in [2.45, 2.75) is 25.7 Å². The lowest BCUT2D eigenvalue weighted by Crippen LogP contribution is -2.29. The summed E-state index contributed by atoms with van der Waals surface area (Å²) < 4.78 is 28.6. The second kappa shape index (κ2) is 5.40. The van der Waals surface area contributed by atoms with E-state index in [9.17, 15) is 8.42 Å². The maximum atomic E-state index is 11.8. The van der Waals surface area contributed by atoms with E-state index in [2.05, 4.69) is 0 Å². The summed E-state index contributed by atoms with van der Waals surface area (Å²) >= 11 is 0. The summed E-state index contributed by atoms with van der Waals surface area (Å²) in [5.74, 6) is 0. The van der Waals surface area contributed by atoms with Gasteiger partial charge in [-0.15, -0.1) is 0 Å². The Balaban J connectivity index is 2.86. The number of rotatable bonds is 4. The smallest absolute Gasteiger partial charge is 0.423 e. The van der Waals surface area contributed by atoms with Crippen LogP contribution in [0.25, 0.3) is 0 Å². The van der Waals surface area contributed by atoms with Gasteiger partial charge in [-0.1, -0.05) is 32.9 Å². The first-order valence-electron chi connectivity index (χ1n) is 5.47. The molecule has 0 saturated heterocycles. The van der Waals surface area contributed by atoms with Crippen LogP contribution in [-0.2, 0) is 14.3 Å². The molecule has 0 heterocycles. The van der Waals surface area contributed by atoms with E-state index in [1.54, 1.807) is 0 Å². The van der Waals surface area contributed by atoms with Gasteiger partial charge < -0.3 is 10.0 Å². The quantitative estimate of drug-likeness (QED) is 0.600.